The van der Waals surface area contributed by atoms with Gasteiger partial charge in [0, 0.05) is 10.6 Å². The van der Waals surface area contributed by atoms with Gasteiger partial charge in [0.15, 0.2) is 5.78 Å². The molecule has 0 aliphatic carbocycles. The van der Waals surface area contributed by atoms with E-state index in [0.717, 1.165) is 22.3 Å². The third kappa shape index (κ3) is 2.70. The van der Waals surface area contributed by atoms with Gasteiger partial charge < -0.3 is 4.74 Å². The summed E-state index contributed by atoms with van der Waals surface area (Å²) in [6, 6.07) is 9.11. The number of rotatable bonds is 3. The van der Waals surface area contributed by atoms with E-state index in [1.165, 1.54) is 7.11 Å². The molecule has 0 aliphatic heterocycles. The van der Waals surface area contributed by atoms with Crippen molar-refractivity contribution in [3.05, 3.63) is 63.2 Å². The Morgan fingerprint density at radius 2 is 1.65 bits per heavy atom. The quantitative estimate of drug-likeness (QED) is 0.777. The van der Waals surface area contributed by atoms with Crippen molar-refractivity contribution in [2.24, 2.45) is 0 Å². The van der Waals surface area contributed by atoms with Gasteiger partial charge in [-0.3, -0.25) is 4.79 Å². The summed E-state index contributed by atoms with van der Waals surface area (Å²) in [5, 5.41) is 0.552. The second kappa shape index (κ2) is 5.68. The third-order valence-electron chi connectivity index (χ3n) is 3.31. The molecule has 0 radical (unpaired) electrons. The number of carbonyl (C=O) groups excluding carboxylic acids is 1. The lowest BCUT2D eigenvalue weighted by molar-refractivity contribution is 0.103. The maximum absolute atomic E-state index is 12.8. The number of halogens is 1. The van der Waals surface area contributed by atoms with E-state index in [0.29, 0.717) is 16.3 Å². The molecule has 0 unspecified atom stereocenters. The molecule has 2 aromatic carbocycles. The van der Waals surface area contributed by atoms with Gasteiger partial charge in [0.1, 0.15) is 5.75 Å². The smallest absolute Gasteiger partial charge is 0.197 e. The minimum absolute atomic E-state index is 0.0338. The predicted molar refractivity (Wildman–Crippen MR) is 82.1 cm³/mol. The van der Waals surface area contributed by atoms with Gasteiger partial charge in [-0.2, -0.15) is 0 Å². The Morgan fingerprint density at radius 1 is 1.05 bits per heavy atom. The van der Waals surface area contributed by atoms with Crippen LogP contribution in [0.2, 0.25) is 5.02 Å². The standard InChI is InChI=1S/C17H17ClO2/c1-10-7-11(2)16(12(3)8-10)17(19)14-6-5-13(18)9-15(14)20-4/h5-9H,1-4H3. The van der Waals surface area contributed by atoms with Gasteiger partial charge in [-0.1, -0.05) is 29.3 Å². The summed E-state index contributed by atoms with van der Waals surface area (Å²) in [7, 11) is 1.54. The van der Waals surface area contributed by atoms with Crippen LogP contribution in [0.5, 0.6) is 5.75 Å². The van der Waals surface area contributed by atoms with E-state index < -0.39 is 0 Å². The van der Waals surface area contributed by atoms with E-state index >= 15 is 0 Å². The summed E-state index contributed by atoms with van der Waals surface area (Å²) in [5.41, 5.74) is 4.37. The molecular formula is C17H17ClO2. The van der Waals surface area contributed by atoms with Crippen molar-refractivity contribution in [1.29, 1.82) is 0 Å². The van der Waals surface area contributed by atoms with Gasteiger partial charge in [-0.15, -0.1) is 0 Å². The van der Waals surface area contributed by atoms with E-state index in [2.05, 4.69) is 0 Å². The molecule has 2 aromatic rings. The number of carbonyl (C=O) groups is 1. The topological polar surface area (TPSA) is 26.3 Å². The molecule has 0 saturated heterocycles. The molecule has 0 N–H and O–H groups in total. The van der Waals surface area contributed by atoms with Gasteiger partial charge >= 0.3 is 0 Å². The van der Waals surface area contributed by atoms with Crippen molar-refractivity contribution in [1.82, 2.24) is 0 Å². The number of hydrogen-bond acceptors (Lipinski definition) is 2. The molecule has 0 bridgehead atoms. The number of benzene rings is 2. The molecule has 0 amide bonds. The molecule has 0 aliphatic rings. The van der Waals surface area contributed by atoms with Crippen molar-refractivity contribution >= 4 is 17.4 Å². The molecule has 0 aromatic heterocycles. The summed E-state index contributed by atoms with van der Waals surface area (Å²) in [4.78, 5) is 12.8. The lowest BCUT2D eigenvalue weighted by atomic mass is 9.93. The van der Waals surface area contributed by atoms with E-state index in [9.17, 15) is 4.79 Å². The minimum Gasteiger partial charge on any atom is -0.496 e. The number of aryl methyl sites for hydroxylation is 3. The van der Waals surface area contributed by atoms with Crippen LogP contribution >= 0.6 is 11.6 Å². The number of hydrogen-bond donors (Lipinski definition) is 0. The second-order valence-electron chi connectivity index (χ2n) is 4.95. The zero-order valence-electron chi connectivity index (χ0n) is 12.1. The largest absolute Gasteiger partial charge is 0.496 e. The lowest BCUT2D eigenvalue weighted by Crippen LogP contribution is -2.08. The molecule has 2 nitrogen and oxygen atoms in total. The van der Waals surface area contributed by atoms with E-state index in [1.54, 1.807) is 18.2 Å². The van der Waals surface area contributed by atoms with Crippen molar-refractivity contribution < 1.29 is 9.53 Å². The Hall–Kier alpha value is -1.80. The van der Waals surface area contributed by atoms with Crippen LogP contribution in [0.3, 0.4) is 0 Å². The van der Waals surface area contributed by atoms with Crippen molar-refractivity contribution in [3.8, 4) is 5.75 Å². The zero-order chi connectivity index (χ0) is 14.9. The average molecular weight is 289 g/mol. The Balaban J connectivity index is 2.58. The molecule has 0 heterocycles. The summed E-state index contributed by atoms with van der Waals surface area (Å²) in [6.45, 7) is 5.93. The highest BCUT2D eigenvalue weighted by Crippen LogP contribution is 2.28. The van der Waals surface area contributed by atoms with Crippen LogP contribution in [0.1, 0.15) is 32.6 Å². The molecular weight excluding hydrogens is 272 g/mol. The maximum atomic E-state index is 12.8. The SMILES string of the molecule is COc1cc(Cl)ccc1C(=O)c1c(C)cc(C)cc1C. The van der Waals surface area contributed by atoms with Gasteiger partial charge in [0.2, 0.25) is 0 Å². The first-order valence-electron chi connectivity index (χ1n) is 6.40. The van der Waals surface area contributed by atoms with E-state index in [-0.39, 0.29) is 5.78 Å². The summed E-state index contributed by atoms with van der Waals surface area (Å²) in [5.74, 6) is 0.468. The molecule has 0 fully saturated rings. The highest BCUT2D eigenvalue weighted by atomic mass is 35.5. The maximum Gasteiger partial charge on any atom is 0.197 e. The molecule has 2 rings (SSSR count). The summed E-state index contributed by atoms with van der Waals surface area (Å²) in [6.07, 6.45) is 0. The Bertz CT molecular complexity index is 652. The molecule has 20 heavy (non-hydrogen) atoms. The highest BCUT2D eigenvalue weighted by molar-refractivity contribution is 6.31. The van der Waals surface area contributed by atoms with Crippen molar-refractivity contribution in [3.63, 3.8) is 0 Å². The van der Waals surface area contributed by atoms with Gasteiger partial charge in [-0.25, -0.2) is 0 Å². The predicted octanol–water partition coefficient (Wildman–Crippen LogP) is 4.50. The first kappa shape index (κ1) is 14.6. The number of methoxy groups -OCH3 is 1. The van der Waals surface area contributed by atoms with Crippen LogP contribution in [-0.4, -0.2) is 12.9 Å². The molecule has 0 atom stereocenters. The summed E-state index contributed by atoms with van der Waals surface area (Å²) < 4.78 is 5.27. The zero-order valence-corrected chi connectivity index (χ0v) is 12.8. The van der Waals surface area contributed by atoms with Crippen LogP contribution in [0.15, 0.2) is 30.3 Å². The third-order valence-corrected chi connectivity index (χ3v) is 3.55. The average Bonchev–Trinajstić information content (AvgIpc) is 2.37. The van der Waals surface area contributed by atoms with Gasteiger partial charge in [-0.05, 0) is 50.1 Å². The van der Waals surface area contributed by atoms with Crippen LogP contribution in [0, 0.1) is 20.8 Å². The molecule has 0 spiro atoms. The Morgan fingerprint density at radius 3 is 2.20 bits per heavy atom. The number of ketones is 1. The first-order valence-corrected chi connectivity index (χ1v) is 6.78. The molecule has 0 saturated carbocycles. The normalized spacial score (nSPS) is 10.4. The van der Waals surface area contributed by atoms with Crippen LogP contribution in [-0.2, 0) is 0 Å². The fourth-order valence-corrected chi connectivity index (χ4v) is 2.69. The first-order chi connectivity index (χ1) is 9.43. The van der Waals surface area contributed by atoms with Crippen LogP contribution < -0.4 is 4.74 Å². The fourth-order valence-electron chi connectivity index (χ4n) is 2.53. The van der Waals surface area contributed by atoms with E-state index in [4.69, 9.17) is 16.3 Å². The summed E-state index contributed by atoms with van der Waals surface area (Å²) >= 11 is 5.94. The Labute approximate surface area is 124 Å². The lowest BCUT2D eigenvalue weighted by Gasteiger charge is -2.13. The van der Waals surface area contributed by atoms with Crippen LogP contribution in [0.4, 0.5) is 0 Å². The van der Waals surface area contributed by atoms with Gasteiger partial charge in [0.05, 0.1) is 12.7 Å². The molecule has 104 valence electrons. The number of ether oxygens (including phenoxy) is 1. The second-order valence-corrected chi connectivity index (χ2v) is 5.38. The Kier molecular flexibility index (Phi) is 4.15. The van der Waals surface area contributed by atoms with Crippen molar-refractivity contribution in [2.75, 3.05) is 7.11 Å². The van der Waals surface area contributed by atoms with Crippen molar-refractivity contribution in [2.45, 2.75) is 20.8 Å². The van der Waals surface area contributed by atoms with E-state index in [1.807, 2.05) is 32.9 Å². The highest BCUT2D eigenvalue weighted by Gasteiger charge is 2.18. The monoisotopic (exact) mass is 288 g/mol. The minimum atomic E-state index is -0.0338. The molecule has 3 heteroatoms. The van der Waals surface area contributed by atoms with Crippen LogP contribution in [0.25, 0.3) is 0 Å². The fraction of sp³-hybridized carbons (Fsp3) is 0.235. The van der Waals surface area contributed by atoms with Gasteiger partial charge in [0.25, 0.3) is 0 Å².